The lowest BCUT2D eigenvalue weighted by Crippen LogP contribution is -2.47. The number of carbonyl (C=O) groups is 6. The fourth-order valence-corrected chi connectivity index (χ4v) is 8.05. The van der Waals surface area contributed by atoms with Gasteiger partial charge in [0.25, 0.3) is 11.8 Å². The molecule has 462 valence electrons. The van der Waals surface area contributed by atoms with Gasteiger partial charge >= 0.3 is 17.9 Å². The first-order valence-corrected chi connectivity index (χ1v) is 29.4. The van der Waals surface area contributed by atoms with Crippen LogP contribution in [0.25, 0.3) is 0 Å². The lowest BCUT2D eigenvalue weighted by Gasteiger charge is -2.28. The number of carboxylic acid groups (broad SMARTS) is 2. The van der Waals surface area contributed by atoms with Crippen molar-refractivity contribution in [3.05, 3.63) is 0 Å². The molecule has 1 fully saturated rings. The molecule has 23 heteroatoms. The fourth-order valence-electron chi connectivity index (χ4n) is 8.05. The molecule has 0 aliphatic carbocycles. The van der Waals surface area contributed by atoms with Crippen molar-refractivity contribution in [1.29, 1.82) is 0 Å². The second kappa shape index (κ2) is 55.1. The summed E-state index contributed by atoms with van der Waals surface area (Å²) in [6.07, 6.45) is 18.0. The summed E-state index contributed by atoms with van der Waals surface area (Å²) in [6, 6.07) is 0. The largest absolute Gasteiger partial charge is 0.481 e. The third kappa shape index (κ3) is 44.8. The number of nitrogens with one attached hydrogen (secondary N) is 1. The molecule has 0 aromatic heterocycles. The van der Waals surface area contributed by atoms with E-state index in [0.717, 1.165) is 57.8 Å². The lowest BCUT2D eigenvalue weighted by molar-refractivity contribution is -0.198. The van der Waals surface area contributed by atoms with E-state index >= 15 is 0 Å². The normalized spacial score (nSPS) is 13.4. The predicted molar refractivity (Wildman–Crippen MR) is 290 cm³/mol. The number of amides is 3. The van der Waals surface area contributed by atoms with E-state index in [1.807, 2.05) is 0 Å². The average Bonchev–Trinajstić information content (AvgIpc) is 3.74. The molecule has 0 radical (unpaired) electrons. The molecule has 1 saturated heterocycles. The zero-order valence-corrected chi connectivity index (χ0v) is 48.0. The third-order valence-corrected chi connectivity index (χ3v) is 12.6. The van der Waals surface area contributed by atoms with E-state index < -0.39 is 41.0 Å². The summed E-state index contributed by atoms with van der Waals surface area (Å²) in [5.41, 5.74) is -1.45. The van der Waals surface area contributed by atoms with Crippen LogP contribution in [0, 0.1) is 5.41 Å². The number of nitrogens with zero attached hydrogens (tertiary/aromatic N) is 1. The highest BCUT2D eigenvalue weighted by atomic mass is 16.7. The Balaban J connectivity index is 1.90. The zero-order valence-electron chi connectivity index (χ0n) is 48.0. The Bertz CT molecular complexity index is 1480. The minimum Gasteiger partial charge on any atom is -0.481 e. The molecule has 23 nitrogen and oxygen atoms in total. The summed E-state index contributed by atoms with van der Waals surface area (Å²) < 4.78 is 66.0. The number of imide groups is 1. The number of unbranched alkanes of at least 4 members (excludes halogenated alkanes) is 15. The van der Waals surface area contributed by atoms with Crippen molar-refractivity contribution in [2.45, 2.75) is 155 Å². The number of carboxylic acids is 2. The maximum absolute atomic E-state index is 13.5. The minimum absolute atomic E-state index is 0.0491. The van der Waals surface area contributed by atoms with E-state index in [9.17, 15) is 33.9 Å². The summed E-state index contributed by atoms with van der Waals surface area (Å²) in [4.78, 5) is 76.4. The Kier molecular flexibility index (Phi) is 51.3. The highest BCUT2D eigenvalue weighted by Gasteiger charge is 2.44. The van der Waals surface area contributed by atoms with Gasteiger partial charge in [-0.05, 0) is 19.3 Å². The van der Waals surface area contributed by atoms with Crippen molar-refractivity contribution in [3.63, 3.8) is 0 Å². The molecule has 1 atom stereocenters. The Morgan fingerprint density at radius 3 is 1.01 bits per heavy atom. The molecular formula is C56H102N2O21. The van der Waals surface area contributed by atoms with E-state index in [2.05, 4.69) is 12.2 Å². The molecule has 0 aromatic carbocycles. The van der Waals surface area contributed by atoms with Crippen molar-refractivity contribution >= 4 is 35.6 Å². The predicted octanol–water partition coefficient (Wildman–Crippen LogP) is 6.28. The van der Waals surface area contributed by atoms with Gasteiger partial charge < -0.3 is 77.2 Å². The second-order valence-corrected chi connectivity index (χ2v) is 19.1. The topological polar surface area (TPSA) is 278 Å². The molecular weight excluding hydrogens is 1040 g/mol. The fraction of sp³-hybridized carbons (Fsp3) is 0.893. The lowest BCUT2D eigenvalue weighted by atomic mass is 9.76. The van der Waals surface area contributed by atoms with Gasteiger partial charge in [0.1, 0.15) is 5.41 Å². The van der Waals surface area contributed by atoms with Crippen LogP contribution in [0.1, 0.15) is 155 Å². The first-order valence-electron chi connectivity index (χ1n) is 29.4. The van der Waals surface area contributed by atoms with E-state index in [4.69, 9.17) is 66.8 Å². The van der Waals surface area contributed by atoms with Crippen molar-refractivity contribution in [2.24, 2.45) is 5.41 Å². The number of hydroxylamine groups is 2. The van der Waals surface area contributed by atoms with E-state index in [1.165, 1.54) is 32.1 Å². The first-order chi connectivity index (χ1) is 38.6. The second-order valence-electron chi connectivity index (χ2n) is 19.1. The summed E-state index contributed by atoms with van der Waals surface area (Å²) in [6.45, 7) is 11.8. The number of aliphatic carboxylic acids is 2. The Morgan fingerprint density at radius 2 is 0.696 bits per heavy atom. The van der Waals surface area contributed by atoms with Gasteiger partial charge in [-0.25, -0.2) is 4.79 Å². The monoisotopic (exact) mass is 1140 g/mol. The summed E-state index contributed by atoms with van der Waals surface area (Å²) >= 11 is 0. The minimum atomic E-state index is -1.45. The number of carbonyl (C=O) groups excluding carboxylic acids is 4. The van der Waals surface area contributed by atoms with Crippen molar-refractivity contribution in [2.75, 3.05) is 165 Å². The maximum Gasteiger partial charge on any atom is 0.335 e. The molecule has 1 unspecified atom stereocenters. The Hall–Kier alpha value is -3.46. The molecule has 0 aromatic rings. The quantitative estimate of drug-likeness (QED) is 0.0343. The van der Waals surface area contributed by atoms with Gasteiger partial charge in [0.05, 0.1) is 165 Å². The van der Waals surface area contributed by atoms with Crippen LogP contribution in [0.3, 0.4) is 0 Å². The van der Waals surface area contributed by atoms with Crippen LogP contribution in [0.4, 0.5) is 0 Å². The number of hydrogen-bond donors (Lipinski definition) is 3. The van der Waals surface area contributed by atoms with Crippen LogP contribution in [-0.2, 0) is 90.4 Å². The van der Waals surface area contributed by atoms with Gasteiger partial charge in [0.15, 0.2) is 0 Å². The van der Waals surface area contributed by atoms with Crippen molar-refractivity contribution in [1.82, 2.24) is 10.4 Å². The van der Waals surface area contributed by atoms with Crippen molar-refractivity contribution in [3.8, 4) is 0 Å². The van der Waals surface area contributed by atoms with Crippen LogP contribution >= 0.6 is 0 Å². The first kappa shape index (κ1) is 73.6. The highest BCUT2D eigenvalue weighted by Crippen LogP contribution is 2.33. The number of rotatable bonds is 63. The van der Waals surface area contributed by atoms with Crippen LogP contribution in [-0.4, -0.2) is 216 Å². The Morgan fingerprint density at radius 1 is 0.405 bits per heavy atom. The molecule has 1 heterocycles. The summed E-state index contributed by atoms with van der Waals surface area (Å²) in [5.74, 6) is -3.99. The third-order valence-electron chi connectivity index (χ3n) is 12.6. The average molecular weight is 1140 g/mol. The van der Waals surface area contributed by atoms with Crippen LogP contribution in [0.15, 0.2) is 0 Å². The van der Waals surface area contributed by atoms with Gasteiger partial charge in [-0.3, -0.25) is 24.0 Å². The molecule has 3 N–H and O–H groups in total. The van der Waals surface area contributed by atoms with E-state index in [0.29, 0.717) is 176 Å². The van der Waals surface area contributed by atoms with Crippen LogP contribution in [0.5, 0.6) is 0 Å². The number of ether oxygens (including phenoxy) is 12. The molecule has 3 amide bonds. The van der Waals surface area contributed by atoms with E-state index in [-0.39, 0.29) is 52.0 Å². The Labute approximate surface area is 470 Å². The molecule has 0 spiro atoms. The molecule has 0 bridgehead atoms. The maximum atomic E-state index is 13.5. The van der Waals surface area contributed by atoms with Crippen LogP contribution < -0.4 is 5.32 Å². The molecule has 1 rings (SSSR count). The standard InChI is InChI=1S/C56H102N2O21/c1-2-3-4-5-6-8-11-14-17-23-56(55(65)66,24-18-15-12-9-7-10-13-16-19-52(61)62)54(64)57-25-27-68-29-31-70-33-35-72-37-39-74-41-43-76-45-47-78-49-48-77-46-44-75-42-40-73-38-36-71-34-32-69-30-28-67-26-22-53(63)79-58-50(59)20-21-51(58)60/h2-49H2,1H3,(H,57,64)(H,61,62)(H,65,66). The zero-order chi connectivity index (χ0) is 57.4. The van der Waals surface area contributed by atoms with Crippen LogP contribution in [0.2, 0.25) is 0 Å². The van der Waals surface area contributed by atoms with Gasteiger partial charge in [0, 0.05) is 25.8 Å². The van der Waals surface area contributed by atoms with Gasteiger partial charge in [0.2, 0.25) is 5.91 Å². The molecule has 0 saturated carbocycles. The molecule has 1 aliphatic heterocycles. The summed E-state index contributed by atoms with van der Waals surface area (Å²) in [7, 11) is 0. The SMILES string of the molecule is CCCCCCCCCCCC(CCCCCCCCCCC(=O)O)(C(=O)O)C(=O)NCCOCCOCCOCCOCCOCCOCCOCCOCCOCCOCCOCCOCCC(=O)ON1C(=O)CCC1=O. The summed E-state index contributed by atoms with van der Waals surface area (Å²) in [5, 5.41) is 22.6. The van der Waals surface area contributed by atoms with Crippen molar-refractivity contribution < 1.29 is 101 Å². The molecule has 79 heavy (non-hydrogen) atoms. The van der Waals surface area contributed by atoms with Gasteiger partial charge in [-0.15, -0.1) is 5.06 Å². The number of hydrogen-bond acceptors (Lipinski definition) is 19. The van der Waals surface area contributed by atoms with E-state index in [1.54, 1.807) is 0 Å². The highest BCUT2D eigenvalue weighted by molar-refractivity contribution is 6.02. The van der Waals surface area contributed by atoms with Gasteiger partial charge in [-0.2, -0.15) is 0 Å². The molecule has 1 aliphatic rings. The van der Waals surface area contributed by atoms with Gasteiger partial charge in [-0.1, -0.05) is 110 Å². The smallest absolute Gasteiger partial charge is 0.335 e.